The summed E-state index contributed by atoms with van der Waals surface area (Å²) in [4.78, 5) is 0.954. The Morgan fingerprint density at radius 3 is 3.00 bits per heavy atom. The quantitative estimate of drug-likeness (QED) is 0.822. The van der Waals surface area contributed by atoms with Gasteiger partial charge in [0.1, 0.15) is 5.75 Å². The second-order valence-corrected chi connectivity index (χ2v) is 4.32. The molecule has 0 aromatic heterocycles. The molecule has 1 heterocycles. The van der Waals surface area contributed by atoms with Crippen molar-refractivity contribution in [3.63, 3.8) is 0 Å². The lowest BCUT2D eigenvalue weighted by Gasteiger charge is -2.05. The van der Waals surface area contributed by atoms with Gasteiger partial charge in [-0.3, -0.25) is 0 Å². The molecule has 5 heteroatoms. The summed E-state index contributed by atoms with van der Waals surface area (Å²) >= 11 is 1.60. The van der Waals surface area contributed by atoms with Crippen LogP contribution in [-0.2, 0) is 0 Å². The number of alkyl halides is 2. The summed E-state index contributed by atoms with van der Waals surface area (Å²) < 4.78 is 28.1. The van der Waals surface area contributed by atoms with E-state index in [0.717, 1.165) is 10.6 Å². The third-order valence-electron chi connectivity index (χ3n) is 1.84. The number of ether oxygens (including phenoxy) is 1. The van der Waals surface area contributed by atoms with Crippen molar-refractivity contribution in [3.8, 4) is 5.75 Å². The van der Waals surface area contributed by atoms with Crippen molar-refractivity contribution in [1.82, 2.24) is 0 Å². The van der Waals surface area contributed by atoms with Gasteiger partial charge in [-0.15, -0.1) is 0 Å². The summed E-state index contributed by atoms with van der Waals surface area (Å²) in [6.07, 6.45) is 0. The maximum absolute atomic E-state index is 11.9. The highest BCUT2D eigenvalue weighted by molar-refractivity contribution is 8.00. The van der Waals surface area contributed by atoms with E-state index in [-0.39, 0.29) is 11.1 Å². The summed E-state index contributed by atoms with van der Waals surface area (Å²) in [6, 6.07) is 4.92. The zero-order valence-corrected chi connectivity index (χ0v) is 8.28. The molecule has 1 aromatic carbocycles. The highest BCUT2D eigenvalue weighted by Gasteiger charge is 2.18. The van der Waals surface area contributed by atoms with Crippen molar-refractivity contribution in [3.05, 3.63) is 18.2 Å². The van der Waals surface area contributed by atoms with Gasteiger partial charge >= 0.3 is 6.61 Å². The number of benzene rings is 1. The fraction of sp³-hybridized carbons (Fsp3) is 0.333. The first-order valence-electron chi connectivity index (χ1n) is 4.17. The molecule has 2 rings (SSSR count). The number of fused-ring (bicyclic) bond motifs is 1. The van der Waals surface area contributed by atoms with Crippen LogP contribution in [0.25, 0.3) is 0 Å². The first kappa shape index (κ1) is 9.58. The van der Waals surface area contributed by atoms with Gasteiger partial charge in [-0.05, 0) is 25.1 Å². The van der Waals surface area contributed by atoms with Crippen LogP contribution in [0.1, 0.15) is 6.92 Å². The van der Waals surface area contributed by atoms with Crippen molar-refractivity contribution in [2.75, 3.05) is 5.32 Å². The van der Waals surface area contributed by atoms with Crippen LogP contribution in [0, 0.1) is 0 Å². The number of anilines is 1. The molecule has 76 valence electrons. The number of halogens is 2. The highest BCUT2D eigenvalue weighted by Crippen LogP contribution is 2.40. The summed E-state index contributed by atoms with van der Waals surface area (Å²) in [6.45, 7) is -0.747. The Balaban J connectivity index is 2.20. The molecular weight excluding hydrogens is 208 g/mol. The Morgan fingerprint density at radius 1 is 1.50 bits per heavy atom. The first-order valence-corrected chi connectivity index (χ1v) is 5.05. The van der Waals surface area contributed by atoms with Crippen LogP contribution in [0.15, 0.2) is 23.1 Å². The van der Waals surface area contributed by atoms with Gasteiger partial charge in [0.15, 0.2) is 0 Å². The van der Waals surface area contributed by atoms with Crippen molar-refractivity contribution in [2.45, 2.75) is 23.8 Å². The Labute approximate surface area is 84.6 Å². The molecule has 1 N–H and O–H groups in total. The van der Waals surface area contributed by atoms with E-state index in [9.17, 15) is 8.78 Å². The van der Waals surface area contributed by atoms with Crippen molar-refractivity contribution >= 4 is 17.4 Å². The summed E-state index contributed by atoms with van der Waals surface area (Å²) in [5.74, 6) is 0.210. The van der Waals surface area contributed by atoms with Crippen LogP contribution in [-0.4, -0.2) is 12.0 Å². The molecular formula is C9H9F2NOS. The second kappa shape index (κ2) is 3.65. The number of hydrogen-bond donors (Lipinski definition) is 1. The lowest BCUT2D eigenvalue weighted by molar-refractivity contribution is -0.0499. The smallest absolute Gasteiger partial charge is 0.387 e. The van der Waals surface area contributed by atoms with Gasteiger partial charge in [0.2, 0.25) is 0 Å². The van der Waals surface area contributed by atoms with Crippen LogP contribution < -0.4 is 10.1 Å². The fourth-order valence-electron chi connectivity index (χ4n) is 1.33. The van der Waals surface area contributed by atoms with E-state index in [1.165, 1.54) is 6.07 Å². The van der Waals surface area contributed by atoms with Gasteiger partial charge in [0.05, 0.1) is 5.37 Å². The van der Waals surface area contributed by atoms with Crippen molar-refractivity contribution in [1.29, 1.82) is 0 Å². The standard InChI is InChI=1S/C9H9F2NOS/c1-5-12-7-3-2-6(13-9(10)11)4-8(7)14-5/h2-5,9,12H,1H3. The lowest BCUT2D eigenvalue weighted by Crippen LogP contribution is -2.03. The Hall–Kier alpha value is -0.970. The van der Waals surface area contributed by atoms with E-state index >= 15 is 0 Å². The average Bonchev–Trinajstić information content (AvgIpc) is 2.42. The fourth-order valence-corrected chi connectivity index (χ4v) is 2.34. The third-order valence-corrected chi connectivity index (χ3v) is 2.90. The average molecular weight is 217 g/mol. The largest absolute Gasteiger partial charge is 0.435 e. The van der Waals surface area contributed by atoms with E-state index in [2.05, 4.69) is 10.1 Å². The highest BCUT2D eigenvalue weighted by atomic mass is 32.2. The number of hydrogen-bond acceptors (Lipinski definition) is 3. The van der Waals surface area contributed by atoms with Crippen LogP contribution in [0.3, 0.4) is 0 Å². The molecule has 2 nitrogen and oxygen atoms in total. The summed E-state index contributed by atoms with van der Waals surface area (Å²) in [7, 11) is 0. The first-order chi connectivity index (χ1) is 6.65. The van der Waals surface area contributed by atoms with Gasteiger partial charge in [0.25, 0.3) is 0 Å². The monoisotopic (exact) mass is 217 g/mol. The van der Waals surface area contributed by atoms with E-state index in [1.807, 2.05) is 6.92 Å². The van der Waals surface area contributed by atoms with E-state index in [0.29, 0.717) is 0 Å². The normalized spacial score (nSPS) is 19.3. The van der Waals surface area contributed by atoms with Crippen LogP contribution in [0.5, 0.6) is 5.75 Å². The minimum absolute atomic E-state index is 0.210. The van der Waals surface area contributed by atoms with Gasteiger partial charge in [-0.25, -0.2) is 0 Å². The maximum Gasteiger partial charge on any atom is 0.387 e. The Morgan fingerprint density at radius 2 is 2.29 bits per heavy atom. The predicted octanol–water partition coefficient (Wildman–Crippen LogP) is 3.15. The zero-order valence-electron chi connectivity index (χ0n) is 7.46. The topological polar surface area (TPSA) is 21.3 Å². The van der Waals surface area contributed by atoms with E-state index in [4.69, 9.17) is 0 Å². The minimum atomic E-state index is -2.76. The maximum atomic E-state index is 11.9. The number of thioether (sulfide) groups is 1. The summed E-state index contributed by atoms with van der Waals surface area (Å²) in [5.41, 5.74) is 0.976. The van der Waals surface area contributed by atoms with Crippen molar-refractivity contribution in [2.24, 2.45) is 0 Å². The molecule has 0 fully saturated rings. The van der Waals surface area contributed by atoms with Gasteiger partial charge in [0, 0.05) is 10.6 Å². The molecule has 1 unspecified atom stereocenters. The van der Waals surface area contributed by atoms with Crippen molar-refractivity contribution < 1.29 is 13.5 Å². The zero-order chi connectivity index (χ0) is 10.1. The molecule has 1 atom stereocenters. The molecule has 0 saturated carbocycles. The van der Waals surface area contributed by atoms with Crippen LogP contribution in [0.4, 0.5) is 14.5 Å². The molecule has 14 heavy (non-hydrogen) atoms. The van der Waals surface area contributed by atoms with Crippen LogP contribution in [0.2, 0.25) is 0 Å². The molecule has 0 spiro atoms. The lowest BCUT2D eigenvalue weighted by atomic mass is 10.3. The molecule has 1 aliphatic heterocycles. The molecule has 1 aliphatic rings. The molecule has 0 aliphatic carbocycles. The minimum Gasteiger partial charge on any atom is -0.435 e. The third kappa shape index (κ3) is 1.92. The predicted molar refractivity (Wildman–Crippen MR) is 52.0 cm³/mol. The SMILES string of the molecule is CC1Nc2ccc(OC(F)F)cc2S1. The van der Waals surface area contributed by atoms with Gasteiger partial charge < -0.3 is 10.1 Å². The molecule has 0 amide bonds. The number of nitrogens with one attached hydrogen (secondary N) is 1. The van der Waals surface area contributed by atoms with Crippen LogP contribution >= 0.6 is 11.8 Å². The molecule has 0 saturated heterocycles. The van der Waals surface area contributed by atoms with E-state index in [1.54, 1.807) is 23.9 Å². The Bertz CT molecular complexity index is 346. The summed E-state index contributed by atoms with van der Waals surface area (Å²) in [5, 5.41) is 3.48. The molecule has 0 bridgehead atoms. The Kier molecular flexibility index (Phi) is 2.50. The van der Waals surface area contributed by atoms with Gasteiger partial charge in [-0.1, -0.05) is 11.8 Å². The molecule has 0 radical (unpaired) electrons. The number of rotatable bonds is 2. The second-order valence-electron chi connectivity index (χ2n) is 2.94. The van der Waals surface area contributed by atoms with Gasteiger partial charge in [-0.2, -0.15) is 8.78 Å². The molecule has 1 aromatic rings. The van der Waals surface area contributed by atoms with E-state index < -0.39 is 6.61 Å².